The van der Waals surface area contributed by atoms with Crippen molar-refractivity contribution < 1.29 is 93.4 Å². The Morgan fingerprint density at radius 1 is 0.530 bits per heavy atom. The number of alkyl carbamates (subject to hydrolysis) is 3. The Morgan fingerprint density at radius 3 is 1.26 bits per heavy atom. The SMILES string of the molecule is CN=C(N)NCCC[C@H](N)C(=O)c1nc2ccccc2s1.CN=C(N)NCCC[C@H](NC(=O)OC(C)(C)C)C(=O)c1nc2ccccc2s1.CON(C)C(=O)[C@H](CCCN=C(N)CS(=O)(=O)c1c(C)cc(C)c(C)c1C)NC(=O)OC(C)(C)C.Cc1cc(C)c(S(=O)(=O)CC(N)=NCCC[C@H](NC(=O)OC(C)(C)C)C(=O)O)c(C)c1C.Cl.Cl.[CH2-]CCC.[Li+].c1ccc2scnc2c1. The molecule has 4 amide bonds. The van der Waals surface area contributed by atoms with Gasteiger partial charge in [-0.15, -0.1) is 58.8 Å². The number of aliphatic carboxylic acids is 1. The molecule has 5 aromatic carbocycles. The van der Waals surface area contributed by atoms with Crippen molar-refractivity contribution in [2.24, 2.45) is 48.6 Å². The fourth-order valence-electron chi connectivity index (χ4n) is 12.0. The van der Waals surface area contributed by atoms with Gasteiger partial charge in [0.15, 0.2) is 41.6 Å². The number of carbonyl (C=O) groups excluding carboxylic acids is 6. The minimum Gasteiger partial charge on any atom is -0.480 e. The Morgan fingerprint density at radius 2 is 0.886 bits per heavy atom. The number of rotatable bonds is 33. The van der Waals surface area contributed by atoms with Gasteiger partial charge < -0.3 is 81.5 Å². The molecule has 34 nitrogen and oxygen atoms in total. The van der Waals surface area contributed by atoms with Gasteiger partial charge in [0.1, 0.15) is 52.1 Å². The molecule has 728 valence electrons. The van der Waals surface area contributed by atoms with Crippen LogP contribution >= 0.6 is 58.8 Å². The second-order valence-electron chi connectivity index (χ2n) is 33.0. The van der Waals surface area contributed by atoms with Gasteiger partial charge in [-0.3, -0.25) is 39.2 Å². The van der Waals surface area contributed by atoms with Crippen LogP contribution in [0.1, 0.15) is 198 Å². The first kappa shape index (κ1) is 122. The predicted octanol–water partition coefficient (Wildman–Crippen LogP) is 11.1. The van der Waals surface area contributed by atoms with Crippen LogP contribution in [0.2, 0.25) is 0 Å². The van der Waals surface area contributed by atoms with Crippen LogP contribution in [-0.2, 0) is 48.3 Å². The summed E-state index contributed by atoms with van der Waals surface area (Å²) in [5.74, 6) is -2.16. The second kappa shape index (κ2) is 59.2. The molecule has 3 heterocycles. The normalized spacial score (nSPS) is 12.7. The number of amidine groups is 2. The number of nitrogens with two attached hydrogens (primary N) is 5. The van der Waals surface area contributed by atoms with Gasteiger partial charge in [-0.2, -0.15) is 6.42 Å². The maximum Gasteiger partial charge on any atom is 1.00 e. The van der Waals surface area contributed by atoms with Crippen LogP contribution in [0.3, 0.4) is 0 Å². The minimum atomic E-state index is -3.68. The maximum absolute atomic E-state index is 13.0. The number of carbonyl (C=O) groups is 7. The topological polar surface area (TPSA) is 527 Å². The number of hydroxylamine groups is 2. The molecule has 0 saturated heterocycles. The van der Waals surface area contributed by atoms with Gasteiger partial charge in [0.25, 0.3) is 5.91 Å². The van der Waals surface area contributed by atoms with Gasteiger partial charge in [0, 0.05) is 47.3 Å². The molecule has 0 aliphatic rings. The molecule has 42 heteroatoms. The number of fused-ring (bicyclic) bond motifs is 3. The van der Waals surface area contributed by atoms with Crippen molar-refractivity contribution in [3.63, 3.8) is 0 Å². The van der Waals surface area contributed by atoms with Gasteiger partial charge in [0.2, 0.25) is 11.6 Å². The smallest absolute Gasteiger partial charge is 0.480 e. The standard InChI is InChI=1S/C24H40N4O6S.C22H35N3O6S.C19H27N5O3S.C14H19N5OS.C7H5NS.C4H9.2ClH.Li/c1-15-13-16(2)21(18(4)17(15)3)35(31,32)14-20(25)26-12-10-11-19(22(29)28(8)33-9)27-23(30)34-24(5,6)7;1-13-11-14(2)19(16(4)15(13)3)32(29,30)12-18(23)24-10-8-9-17(20(26)27)25-21(28)31-22(5,6)7;1-19(2,3)27-18(26)24-13(9-7-11-22-17(20)21-4)15(25)16-23-12-8-5-6-10-14(12)28-16;1-17-14(16)18-8-4-5-9(15)12(20)13-19-10-6-2-3-7-11(10)21-13;1-2-4-7-6(3-1)8-5-9-7;1-3-4-2;;;/h13,19H,10-12,14H2,1-9H3,(H2,25,26)(H,27,30);11,17H,8-10,12H2,1-7H3,(H2,23,24)(H,25,28)(H,26,27);5-6,8,10,13H,7,9,11H2,1-4H3,(H,24,26)(H3,20,21,22);2-3,6-7,9H,4-5,8,15H2,1H3,(H3,16,17,18);1-5H;1,3-4H2,2H3;2*1H;/q;;;;;-1;;;+1/t19-;17-;13-;9-;;;;;/m0000...../s1. The summed E-state index contributed by atoms with van der Waals surface area (Å²) >= 11 is 4.38. The van der Waals surface area contributed by atoms with Crippen LogP contribution in [0.5, 0.6) is 0 Å². The molecule has 16 N–H and O–H groups in total. The number of ether oxygens (including phenoxy) is 3. The number of carboxylic acids is 1. The Kier molecular flexibility index (Phi) is 54.8. The predicted molar refractivity (Wildman–Crippen MR) is 533 cm³/mol. The number of halogens is 2. The number of likely N-dealkylation sites (N-methyl/N-ethyl adjacent to an activating group) is 1. The van der Waals surface area contributed by atoms with Crippen molar-refractivity contribution in [2.75, 3.05) is 65.9 Å². The summed E-state index contributed by atoms with van der Waals surface area (Å²) in [5.41, 5.74) is 38.0. The summed E-state index contributed by atoms with van der Waals surface area (Å²) in [6.07, 6.45) is 3.42. The molecule has 0 bridgehead atoms. The summed E-state index contributed by atoms with van der Waals surface area (Å²) in [5, 5.41) is 24.6. The Labute approximate surface area is 814 Å². The number of amides is 4. The van der Waals surface area contributed by atoms with Gasteiger partial charge in [0.05, 0.1) is 65.1 Å². The number of sulfone groups is 2. The molecular weight excluding hydrogens is 1830 g/mol. The largest absolute Gasteiger partial charge is 1.00 e. The number of aromatic nitrogens is 3. The number of para-hydroxylation sites is 3. The Hall–Kier alpha value is -9.66. The molecule has 0 fully saturated rings. The van der Waals surface area contributed by atoms with E-state index in [1.165, 1.54) is 48.0 Å². The maximum atomic E-state index is 13.0. The average molecular weight is 1970 g/mol. The van der Waals surface area contributed by atoms with E-state index in [-0.39, 0.29) is 109 Å². The molecule has 0 unspecified atom stereocenters. The van der Waals surface area contributed by atoms with Crippen LogP contribution in [0, 0.1) is 62.3 Å². The number of Topliss-reactive ketones (excluding diaryl/α,β-unsaturated/α-hetero) is 2. The number of nitrogens with zero attached hydrogens (tertiary/aromatic N) is 8. The van der Waals surface area contributed by atoms with Gasteiger partial charge in [-0.25, -0.2) is 56.0 Å². The van der Waals surface area contributed by atoms with Crippen molar-refractivity contribution in [3.05, 3.63) is 152 Å². The summed E-state index contributed by atoms with van der Waals surface area (Å²) in [7, 11) is -1.39. The third-order valence-electron chi connectivity index (χ3n) is 18.8. The molecule has 0 radical (unpaired) electrons. The number of unbranched alkanes of at least 4 members (excludes halogenated alkanes) is 1. The molecule has 8 aromatic rings. The Balaban J connectivity index is 0.00000165. The molecular formula is C90H137Cl2LiN18O16S5. The number of thiazole rings is 3. The van der Waals surface area contributed by atoms with Crippen LogP contribution in [-0.4, -0.2) is 214 Å². The third-order valence-corrected chi connectivity index (χ3v) is 25.5. The van der Waals surface area contributed by atoms with Gasteiger partial charge >= 0.3 is 43.1 Å². The molecule has 132 heavy (non-hydrogen) atoms. The van der Waals surface area contributed by atoms with E-state index in [1.54, 1.807) is 115 Å². The summed E-state index contributed by atoms with van der Waals surface area (Å²) in [6.45, 7) is 37.5. The fourth-order valence-corrected chi connectivity index (χ4v) is 18.2. The van der Waals surface area contributed by atoms with Crippen LogP contribution in [0.15, 0.2) is 120 Å². The van der Waals surface area contributed by atoms with E-state index < -0.39 is 102 Å². The van der Waals surface area contributed by atoms with Crippen LogP contribution in [0.4, 0.5) is 14.4 Å². The second-order valence-corrected chi connectivity index (χ2v) is 39.8. The number of aryl methyl sites for hydroxylation is 4. The summed E-state index contributed by atoms with van der Waals surface area (Å²) < 4.78 is 70.7. The minimum absolute atomic E-state index is 0. The number of guanidine groups is 2. The van der Waals surface area contributed by atoms with Crippen LogP contribution in [0.25, 0.3) is 30.6 Å². The van der Waals surface area contributed by atoms with E-state index in [1.807, 2.05) is 112 Å². The van der Waals surface area contributed by atoms with Crippen LogP contribution < -0.4 is 74.1 Å². The molecule has 8 rings (SSSR count). The molecule has 4 atom stereocenters. The molecule has 0 spiro atoms. The van der Waals surface area contributed by atoms with Crippen molar-refractivity contribution in [1.29, 1.82) is 0 Å². The van der Waals surface area contributed by atoms with E-state index in [2.05, 4.69) is 81.4 Å². The zero-order valence-corrected chi connectivity index (χ0v) is 86.1. The van der Waals surface area contributed by atoms with E-state index in [0.717, 1.165) is 66.1 Å². The first-order valence-electron chi connectivity index (χ1n) is 42.0. The molecule has 0 aliphatic heterocycles. The van der Waals surface area contributed by atoms with Gasteiger partial charge in [-0.1, -0.05) is 61.9 Å². The summed E-state index contributed by atoms with van der Waals surface area (Å²) in [4.78, 5) is 120. The molecule has 0 aliphatic carbocycles. The first-order chi connectivity index (χ1) is 60.2. The Bertz CT molecular complexity index is 5320. The number of hydrogen-bond donors (Lipinski definition) is 11. The van der Waals surface area contributed by atoms with E-state index >= 15 is 0 Å². The number of aliphatic imine (C=N–C) groups is 4. The quantitative estimate of drug-likeness (QED) is 0.00266. The zero-order chi connectivity index (χ0) is 97.5. The van der Waals surface area contributed by atoms with Gasteiger partial charge in [-0.05, 0) is 250 Å². The van der Waals surface area contributed by atoms with E-state index in [0.29, 0.717) is 83.0 Å². The third kappa shape index (κ3) is 44.0. The monoisotopic (exact) mass is 1960 g/mol. The number of carboxylic acid groups (broad SMARTS) is 1. The first-order valence-corrected chi connectivity index (χ1v) is 47.8. The number of benzene rings is 5. The number of ketones is 2. The number of nitrogens with one attached hydrogen (secondary N) is 5. The van der Waals surface area contributed by atoms with Crippen molar-refractivity contribution >= 4 is 174 Å². The van der Waals surface area contributed by atoms with E-state index in [4.69, 9.17) is 47.7 Å². The zero-order valence-electron chi connectivity index (χ0n) is 80.4. The van der Waals surface area contributed by atoms with E-state index in [9.17, 15) is 55.5 Å². The average Bonchev–Trinajstić information content (AvgIpc) is 0.863. The van der Waals surface area contributed by atoms with Crippen molar-refractivity contribution in [1.82, 2.24) is 46.6 Å². The summed E-state index contributed by atoms with van der Waals surface area (Å²) in [6, 6.07) is 23.7. The number of hydrogen-bond acceptors (Lipinski definition) is 26. The van der Waals surface area contributed by atoms with Crippen molar-refractivity contribution in [3.8, 4) is 0 Å². The molecule has 0 saturated carbocycles. The fraction of sp³-hybridized carbons (Fsp3) is 0.500. The molecule has 3 aromatic heterocycles. The van der Waals surface area contributed by atoms with Crippen molar-refractivity contribution in [2.45, 2.75) is 240 Å².